The average molecular weight is 281 g/mol. The van der Waals surface area contributed by atoms with Crippen LogP contribution in [0.5, 0.6) is 0 Å². The maximum Gasteiger partial charge on any atom is 0.307 e. The zero-order chi connectivity index (χ0) is 14.0. The van der Waals surface area contributed by atoms with Gasteiger partial charge in [-0.15, -0.1) is 11.3 Å². The van der Waals surface area contributed by atoms with Gasteiger partial charge in [-0.2, -0.15) is 0 Å². The second-order valence-corrected chi connectivity index (χ2v) is 6.37. The van der Waals surface area contributed by atoms with Gasteiger partial charge in [-0.05, 0) is 42.7 Å². The van der Waals surface area contributed by atoms with Gasteiger partial charge in [-0.1, -0.05) is 6.92 Å². The van der Waals surface area contributed by atoms with E-state index in [1.54, 1.807) is 11.3 Å². The second kappa shape index (κ2) is 5.74. The Morgan fingerprint density at radius 1 is 1.42 bits per heavy atom. The molecule has 1 aliphatic rings. The molecule has 0 saturated heterocycles. The number of aryl methyl sites for hydroxylation is 1. The van der Waals surface area contributed by atoms with E-state index in [9.17, 15) is 9.59 Å². The Hall–Kier alpha value is -1.36. The molecule has 0 aliphatic heterocycles. The molecule has 3 atom stereocenters. The molecule has 2 rings (SSSR count). The van der Waals surface area contributed by atoms with Gasteiger partial charge in [-0.3, -0.25) is 9.59 Å². The minimum Gasteiger partial charge on any atom is -0.481 e. The number of hydrogen-bond acceptors (Lipinski definition) is 3. The molecule has 0 spiro atoms. The van der Waals surface area contributed by atoms with Crippen molar-refractivity contribution in [3.8, 4) is 0 Å². The number of carbonyl (C=O) groups is 2. The molecule has 1 aliphatic carbocycles. The molecule has 5 heteroatoms. The van der Waals surface area contributed by atoms with Gasteiger partial charge in [-0.25, -0.2) is 0 Å². The number of aliphatic carboxylic acids is 1. The van der Waals surface area contributed by atoms with Gasteiger partial charge in [0.2, 0.25) is 5.91 Å². The van der Waals surface area contributed by atoms with Gasteiger partial charge in [0.15, 0.2) is 0 Å². The normalized spacial score (nSPS) is 26.3. The SMILES string of the molecule is Cc1ccsc1CNC(=O)[C@H]1CC(C)C[C@H]1C(=O)O. The predicted octanol–water partition coefficient (Wildman–Crippen LogP) is 2.42. The molecule has 1 saturated carbocycles. The lowest BCUT2D eigenvalue weighted by Crippen LogP contribution is -2.34. The summed E-state index contributed by atoms with van der Waals surface area (Å²) in [6.07, 6.45) is 1.28. The van der Waals surface area contributed by atoms with Crippen LogP contribution in [0.1, 0.15) is 30.2 Å². The Labute approximate surface area is 116 Å². The fraction of sp³-hybridized carbons (Fsp3) is 0.571. The third-order valence-electron chi connectivity index (χ3n) is 3.84. The van der Waals surface area contributed by atoms with E-state index >= 15 is 0 Å². The van der Waals surface area contributed by atoms with Crippen molar-refractivity contribution in [1.82, 2.24) is 5.32 Å². The summed E-state index contributed by atoms with van der Waals surface area (Å²) in [7, 11) is 0. The van der Waals surface area contributed by atoms with Gasteiger partial charge in [0, 0.05) is 4.88 Å². The van der Waals surface area contributed by atoms with Crippen molar-refractivity contribution >= 4 is 23.2 Å². The van der Waals surface area contributed by atoms with Gasteiger partial charge < -0.3 is 10.4 Å². The Morgan fingerprint density at radius 3 is 2.68 bits per heavy atom. The maximum atomic E-state index is 12.1. The fourth-order valence-electron chi connectivity index (χ4n) is 2.74. The van der Waals surface area contributed by atoms with Crippen molar-refractivity contribution in [2.75, 3.05) is 0 Å². The average Bonchev–Trinajstić information content (AvgIpc) is 2.92. The molecule has 0 radical (unpaired) electrons. The summed E-state index contributed by atoms with van der Waals surface area (Å²) in [6.45, 7) is 4.52. The molecular formula is C14H19NO3S. The molecule has 104 valence electrons. The maximum absolute atomic E-state index is 12.1. The van der Waals surface area contributed by atoms with Crippen molar-refractivity contribution in [3.63, 3.8) is 0 Å². The van der Waals surface area contributed by atoms with Crippen LogP contribution in [0.4, 0.5) is 0 Å². The fourth-order valence-corrected chi connectivity index (χ4v) is 3.58. The molecule has 1 fully saturated rings. The van der Waals surface area contributed by atoms with E-state index in [1.165, 1.54) is 5.56 Å². The van der Waals surface area contributed by atoms with Crippen LogP contribution in [-0.4, -0.2) is 17.0 Å². The summed E-state index contributed by atoms with van der Waals surface area (Å²) in [5.41, 5.74) is 1.17. The van der Waals surface area contributed by atoms with E-state index in [-0.39, 0.29) is 11.8 Å². The van der Waals surface area contributed by atoms with E-state index < -0.39 is 11.9 Å². The van der Waals surface area contributed by atoms with Crippen molar-refractivity contribution in [2.45, 2.75) is 33.2 Å². The summed E-state index contributed by atoms with van der Waals surface area (Å²) in [4.78, 5) is 24.4. The third kappa shape index (κ3) is 3.15. The summed E-state index contributed by atoms with van der Waals surface area (Å²) in [5, 5.41) is 14.0. The summed E-state index contributed by atoms with van der Waals surface area (Å²) < 4.78 is 0. The van der Waals surface area contributed by atoms with Crippen LogP contribution in [0.3, 0.4) is 0 Å². The first-order valence-electron chi connectivity index (χ1n) is 6.52. The zero-order valence-corrected chi connectivity index (χ0v) is 12.0. The van der Waals surface area contributed by atoms with E-state index in [0.29, 0.717) is 25.3 Å². The summed E-state index contributed by atoms with van der Waals surface area (Å²) in [5.74, 6) is -1.58. The van der Waals surface area contributed by atoms with Crippen molar-refractivity contribution in [1.29, 1.82) is 0 Å². The molecule has 19 heavy (non-hydrogen) atoms. The molecule has 0 bridgehead atoms. The number of amides is 1. The minimum atomic E-state index is -0.850. The van der Waals surface area contributed by atoms with Crippen LogP contribution in [0.15, 0.2) is 11.4 Å². The van der Waals surface area contributed by atoms with Crippen LogP contribution in [-0.2, 0) is 16.1 Å². The van der Waals surface area contributed by atoms with Crippen LogP contribution in [0.25, 0.3) is 0 Å². The van der Waals surface area contributed by atoms with E-state index in [4.69, 9.17) is 5.11 Å². The number of nitrogens with one attached hydrogen (secondary N) is 1. The molecule has 1 aromatic heterocycles. The molecule has 4 nitrogen and oxygen atoms in total. The highest BCUT2D eigenvalue weighted by Crippen LogP contribution is 2.36. The van der Waals surface area contributed by atoms with Gasteiger partial charge in [0.25, 0.3) is 0 Å². The molecule has 1 aromatic rings. The lowest BCUT2D eigenvalue weighted by atomic mass is 9.95. The minimum absolute atomic E-state index is 0.121. The van der Waals surface area contributed by atoms with Crippen LogP contribution in [0, 0.1) is 24.7 Å². The van der Waals surface area contributed by atoms with Crippen molar-refractivity contribution in [2.24, 2.45) is 17.8 Å². The van der Waals surface area contributed by atoms with Gasteiger partial charge >= 0.3 is 5.97 Å². The number of thiophene rings is 1. The number of carboxylic acid groups (broad SMARTS) is 1. The highest BCUT2D eigenvalue weighted by Gasteiger charge is 2.41. The molecule has 1 heterocycles. The predicted molar refractivity (Wildman–Crippen MR) is 73.9 cm³/mol. The molecule has 0 aromatic carbocycles. The standard InChI is InChI=1S/C14H19NO3S/c1-8-5-10(11(6-8)14(17)18)13(16)15-7-12-9(2)3-4-19-12/h3-4,8,10-11H,5-7H2,1-2H3,(H,15,16)(H,17,18)/t8?,10-,11+/m0/s1. The quantitative estimate of drug-likeness (QED) is 0.890. The molecule has 2 N–H and O–H groups in total. The number of rotatable bonds is 4. The van der Waals surface area contributed by atoms with E-state index in [1.807, 2.05) is 25.3 Å². The van der Waals surface area contributed by atoms with Crippen LogP contribution in [0.2, 0.25) is 0 Å². The van der Waals surface area contributed by atoms with E-state index in [0.717, 1.165) is 4.88 Å². The van der Waals surface area contributed by atoms with Gasteiger partial charge in [0.1, 0.15) is 0 Å². The van der Waals surface area contributed by atoms with Crippen molar-refractivity contribution < 1.29 is 14.7 Å². The topological polar surface area (TPSA) is 66.4 Å². The number of carbonyl (C=O) groups excluding carboxylic acids is 1. The summed E-state index contributed by atoms with van der Waals surface area (Å²) in [6, 6.07) is 2.02. The largest absolute Gasteiger partial charge is 0.481 e. The monoisotopic (exact) mass is 281 g/mol. The Bertz CT molecular complexity index is 483. The lowest BCUT2D eigenvalue weighted by Gasteiger charge is -2.15. The van der Waals surface area contributed by atoms with Crippen LogP contribution >= 0.6 is 11.3 Å². The zero-order valence-electron chi connectivity index (χ0n) is 11.2. The highest BCUT2D eigenvalue weighted by molar-refractivity contribution is 7.10. The number of carboxylic acids is 1. The molecule has 1 amide bonds. The summed E-state index contributed by atoms with van der Waals surface area (Å²) >= 11 is 1.61. The molecule has 1 unspecified atom stereocenters. The Morgan fingerprint density at radius 2 is 2.11 bits per heavy atom. The van der Waals surface area contributed by atoms with Gasteiger partial charge in [0.05, 0.1) is 18.4 Å². The lowest BCUT2D eigenvalue weighted by molar-refractivity contribution is -0.146. The second-order valence-electron chi connectivity index (χ2n) is 5.37. The Balaban J connectivity index is 1.96. The first-order valence-corrected chi connectivity index (χ1v) is 7.40. The van der Waals surface area contributed by atoms with E-state index in [2.05, 4.69) is 5.32 Å². The first kappa shape index (κ1) is 14.1. The Kier molecular flexibility index (Phi) is 4.24. The van der Waals surface area contributed by atoms with Crippen LogP contribution < -0.4 is 5.32 Å². The van der Waals surface area contributed by atoms with Crippen molar-refractivity contribution in [3.05, 3.63) is 21.9 Å². The molecular weight excluding hydrogens is 262 g/mol. The highest BCUT2D eigenvalue weighted by atomic mass is 32.1. The smallest absolute Gasteiger partial charge is 0.307 e. The third-order valence-corrected chi connectivity index (χ3v) is 4.87. The first-order chi connectivity index (χ1) is 8.99. The number of hydrogen-bond donors (Lipinski definition) is 2.